The number of likely N-dealkylation sites (N-methyl/N-ethyl adjacent to an activating group) is 1. The van der Waals surface area contributed by atoms with E-state index in [1.807, 2.05) is 14.1 Å². The Bertz CT molecular complexity index is 670. The van der Waals surface area contributed by atoms with E-state index in [1.54, 1.807) is 11.3 Å². The minimum absolute atomic E-state index is 0.183. The van der Waals surface area contributed by atoms with Gasteiger partial charge in [-0.25, -0.2) is 4.79 Å². The quantitative estimate of drug-likeness (QED) is 0.917. The number of hydrogen-bond acceptors (Lipinski definition) is 4. The van der Waals surface area contributed by atoms with Gasteiger partial charge in [0.2, 0.25) is 0 Å². The summed E-state index contributed by atoms with van der Waals surface area (Å²) in [6.07, 6.45) is 2.97. The summed E-state index contributed by atoms with van der Waals surface area (Å²) in [4.78, 5) is 16.3. The van der Waals surface area contributed by atoms with Gasteiger partial charge in [-0.1, -0.05) is 13.8 Å². The Labute approximate surface area is 141 Å². The molecule has 1 aromatic heterocycles. The third-order valence-corrected chi connectivity index (χ3v) is 6.07. The highest BCUT2D eigenvalue weighted by molar-refractivity contribution is 7.13. The molecule has 0 amide bonds. The fourth-order valence-corrected chi connectivity index (χ4v) is 4.96. The summed E-state index contributed by atoms with van der Waals surface area (Å²) in [5.41, 5.74) is 4.11. The van der Waals surface area contributed by atoms with Crippen LogP contribution in [0.15, 0.2) is 5.57 Å². The number of rotatable bonds is 4. The Morgan fingerprint density at radius 2 is 2.09 bits per heavy atom. The number of thiophene rings is 1. The van der Waals surface area contributed by atoms with E-state index >= 15 is 0 Å². The van der Waals surface area contributed by atoms with Gasteiger partial charge in [0.1, 0.15) is 0 Å². The van der Waals surface area contributed by atoms with Crippen LogP contribution in [0.4, 0.5) is 0 Å². The standard InChI is InChI=1S/C18H25NO3S/c1-18(2)6-5-14-12(7-18)15(17(20)21)16(23-14)13-10-22-9-11(13)8-19(3)4/h5-10H2,1-4H3,(H,20,21). The number of fused-ring (bicyclic) bond motifs is 1. The van der Waals surface area contributed by atoms with Crippen LogP contribution in [0.5, 0.6) is 0 Å². The van der Waals surface area contributed by atoms with Gasteiger partial charge in [0.05, 0.1) is 18.8 Å². The van der Waals surface area contributed by atoms with Crippen molar-refractivity contribution in [2.75, 3.05) is 33.9 Å². The number of aromatic carboxylic acids is 1. The second-order valence-electron chi connectivity index (χ2n) is 7.67. The molecule has 3 rings (SSSR count). The highest BCUT2D eigenvalue weighted by atomic mass is 32.1. The summed E-state index contributed by atoms with van der Waals surface area (Å²) in [6.45, 7) is 6.43. The highest BCUT2D eigenvalue weighted by Crippen LogP contribution is 2.44. The second kappa shape index (κ2) is 6.04. The van der Waals surface area contributed by atoms with Crippen LogP contribution >= 0.6 is 11.3 Å². The molecule has 0 saturated heterocycles. The van der Waals surface area contributed by atoms with Gasteiger partial charge in [0.25, 0.3) is 0 Å². The maximum atomic E-state index is 12.0. The molecule has 5 heteroatoms. The average molecular weight is 335 g/mol. The van der Waals surface area contributed by atoms with Gasteiger partial charge < -0.3 is 14.7 Å². The zero-order chi connectivity index (χ0) is 16.8. The molecule has 1 aliphatic carbocycles. The van der Waals surface area contributed by atoms with Crippen molar-refractivity contribution in [1.29, 1.82) is 0 Å². The lowest BCUT2D eigenvalue weighted by Gasteiger charge is -2.29. The maximum absolute atomic E-state index is 12.0. The Hall–Kier alpha value is -1.17. The van der Waals surface area contributed by atoms with E-state index in [-0.39, 0.29) is 5.41 Å². The highest BCUT2D eigenvalue weighted by Gasteiger charge is 2.34. The van der Waals surface area contributed by atoms with Crippen molar-refractivity contribution in [2.45, 2.75) is 33.1 Å². The van der Waals surface area contributed by atoms with Crippen LogP contribution in [-0.4, -0.2) is 49.8 Å². The Kier molecular flexibility index (Phi) is 4.38. The normalized spacial score (nSPS) is 20.2. The van der Waals surface area contributed by atoms with Crippen LogP contribution in [0.3, 0.4) is 0 Å². The van der Waals surface area contributed by atoms with Crippen LogP contribution in [0, 0.1) is 5.41 Å². The fourth-order valence-electron chi connectivity index (χ4n) is 3.57. The van der Waals surface area contributed by atoms with Crippen LogP contribution < -0.4 is 0 Å². The number of carboxylic acid groups (broad SMARTS) is 1. The van der Waals surface area contributed by atoms with Crippen LogP contribution in [-0.2, 0) is 17.6 Å². The first kappa shape index (κ1) is 16.7. The van der Waals surface area contributed by atoms with Crippen molar-refractivity contribution in [2.24, 2.45) is 5.41 Å². The van der Waals surface area contributed by atoms with Crippen LogP contribution in [0.25, 0.3) is 5.57 Å². The first-order valence-electron chi connectivity index (χ1n) is 8.10. The SMILES string of the molecule is CN(C)CC1=C(c2sc3c(c2C(=O)O)CC(C)(C)CC3)COC1. The molecule has 0 spiro atoms. The topological polar surface area (TPSA) is 49.8 Å². The van der Waals surface area contributed by atoms with Crippen molar-refractivity contribution in [1.82, 2.24) is 4.90 Å². The number of carbonyl (C=O) groups is 1. The molecule has 126 valence electrons. The van der Waals surface area contributed by atoms with Gasteiger partial charge in [-0.05, 0) is 55.5 Å². The molecule has 1 N–H and O–H groups in total. The van der Waals surface area contributed by atoms with E-state index in [0.717, 1.165) is 41.8 Å². The molecule has 0 saturated carbocycles. The van der Waals surface area contributed by atoms with E-state index in [4.69, 9.17) is 4.74 Å². The Morgan fingerprint density at radius 1 is 1.35 bits per heavy atom. The summed E-state index contributed by atoms with van der Waals surface area (Å²) < 4.78 is 5.65. The second-order valence-corrected chi connectivity index (χ2v) is 8.77. The number of carboxylic acids is 1. The summed E-state index contributed by atoms with van der Waals surface area (Å²) in [7, 11) is 4.06. The molecule has 0 bridgehead atoms. The van der Waals surface area contributed by atoms with Crippen molar-refractivity contribution in [3.8, 4) is 0 Å². The van der Waals surface area contributed by atoms with Gasteiger partial charge >= 0.3 is 5.97 Å². The monoisotopic (exact) mass is 335 g/mol. The molecule has 0 unspecified atom stereocenters. The van der Waals surface area contributed by atoms with E-state index in [1.165, 1.54) is 10.5 Å². The van der Waals surface area contributed by atoms with Crippen molar-refractivity contribution in [3.05, 3.63) is 26.5 Å². The molecule has 1 aliphatic heterocycles. The molecule has 0 fully saturated rings. The summed E-state index contributed by atoms with van der Waals surface area (Å²) in [5, 5.41) is 9.84. The zero-order valence-electron chi connectivity index (χ0n) is 14.4. The van der Waals surface area contributed by atoms with Crippen LogP contribution in [0.1, 0.15) is 45.9 Å². The van der Waals surface area contributed by atoms with Crippen molar-refractivity contribution >= 4 is 22.9 Å². The van der Waals surface area contributed by atoms with Gasteiger partial charge in [0.15, 0.2) is 0 Å². The minimum atomic E-state index is -0.793. The predicted molar refractivity (Wildman–Crippen MR) is 93.4 cm³/mol. The van der Waals surface area contributed by atoms with E-state index in [0.29, 0.717) is 18.8 Å². The molecule has 2 heterocycles. The predicted octanol–water partition coefficient (Wildman–Crippen LogP) is 3.31. The van der Waals surface area contributed by atoms with Gasteiger partial charge in [-0.15, -0.1) is 11.3 Å². The lowest BCUT2D eigenvalue weighted by Crippen LogP contribution is -2.22. The molecular weight excluding hydrogens is 310 g/mol. The number of aryl methyl sites for hydroxylation is 1. The molecule has 2 aliphatic rings. The van der Waals surface area contributed by atoms with Crippen molar-refractivity contribution < 1.29 is 14.6 Å². The number of hydrogen-bond donors (Lipinski definition) is 1. The largest absolute Gasteiger partial charge is 0.478 e. The minimum Gasteiger partial charge on any atom is -0.478 e. The van der Waals surface area contributed by atoms with Crippen molar-refractivity contribution in [3.63, 3.8) is 0 Å². The lowest BCUT2D eigenvalue weighted by atomic mass is 9.76. The molecule has 0 radical (unpaired) electrons. The summed E-state index contributed by atoms with van der Waals surface area (Å²) in [5.74, 6) is -0.793. The lowest BCUT2D eigenvalue weighted by molar-refractivity contribution is 0.0695. The Morgan fingerprint density at radius 3 is 2.74 bits per heavy atom. The van der Waals surface area contributed by atoms with Gasteiger partial charge in [0, 0.05) is 16.3 Å². The molecule has 0 aromatic carbocycles. The molecule has 4 nitrogen and oxygen atoms in total. The van der Waals surface area contributed by atoms with Gasteiger partial charge in [-0.3, -0.25) is 0 Å². The first-order chi connectivity index (χ1) is 10.8. The zero-order valence-corrected chi connectivity index (χ0v) is 15.2. The molecule has 23 heavy (non-hydrogen) atoms. The molecule has 1 aromatic rings. The molecule has 0 atom stereocenters. The maximum Gasteiger partial charge on any atom is 0.337 e. The summed E-state index contributed by atoms with van der Waals surface area (Å²) >= 11 is 1.68. The number of nitrogens with zero attached hydrogens (tertiary/aromatic N) is 1. The number of ether oxygens (including phenoxy) is 1. The average Bonchev–Trinajstić information content (AvgIpc) is 3.00. The van der Waals surface area contributed by atoms with Crippen LogP contribution in [0.2, 0.25) is 0 Å². The van der Waals surface area contributed by atoms with E-state index < -0.39 is 5.97 Å². The van der Waals surface area contributed by atoms with Gasteiger partial charge in [-0.2, -0.15) is 0 Å². The van der Waals surface area contributed by atoms with E-state index in [2.05, 4.69) is 18.7 Å². The Balaban J connectivity index is 2.10. The smallest absolute Gasteiger partial charge is 0.337 e. The molecular formula is C18H25NO3S. The third-order valence-electron chi connectivity index (χ3n) is 4.72. The first-order valence-corrected chi connectivity index (χ1v) is 8.92. The van der Waals surface area contributed by atoms with E-state index in [9.17, 15) is 9.90 Å². The third kappa shape index (κ3) is 3.23. The fraction of sp³-hybridized carbons (Fsp3) is 0.611. The summed E-state index contributed by atoms with van der Waals surface area (Å²) in [6, 6.07) is 0.